The van der Waals surface area contributed by atoms with Gasteiger partial charge in [0, 0.05) is 60.5 Å². The molecular formula is C33H35Cl2N5O4. The number of nitrogens with zero attached hydrogens (tertiary/aromatic N) is 4. The first kappa shape index (κ1) is 30.4. The van der Waals surface area contributed by atoms with E-state index in [1.54, 1.807) is 24.7 Å². The molecule has 0 radical (unpaired) electrons. The third-order valence-electron chi connectivity index (χ3n) is 7.86. The molecule has 0 saturated carbocycles. The van der Waals surface area contributed by atoms with Crippen LogP contribution in [-0.4, -0.2) is 72.4 Å². The van der Waals surface area contributed by atoms with E-state index in [-0.39, 0.29) is 12.0 Å². The number of hydrogen-bond donors (Lipinski definition) is 1. The van der Waals surface area contributed by atoms with Crippen LogP contribution >= 0.6 is 23.2 Å². The summed E-state index contributed by atoms with van der Waals surface area (Å²) in [4.78, 5) is 21.2. The molecule has 6 rings (SSSR count). The number of benzene rings is 3. The number of amides is 1. The van der Waals surface area contributed by atoms with Crippen LogP contribution < -0.4 is 15.0 Å². The van der Waals surface area contributed by atoms with Gasteiger partial charge < -0.3 is 29.0 Å². The van der Waals surface area contributed by atoms with Gasteiger partial charge in [0.2, 0.25) is 11.7 Å². The lowest BCUT2D eigenvalue weighted by Crippen LogP contribution is -2.48. The molecule has 2 aliphatic rings. The van der Waals surface area contributed by atoms with E-state index < -0.39 is 5.79 Å². The molecule has 0 bridgehead atoms. The highest BCUT2D eigenvalue weighted by atomic mass is 35.5. The second-order valence-corrected chi connectivity index (χ2v) is 12.0. The first-order chi connectivity index (χ1) is 21.3. The summed E-state index contributed by atoms with van der Waals surface area (Å²) >= 11 is 12.7. The average molecular weight is 637 g/mol. The Bertz CT molecular complexity index is 1540. The number of nitrogens with one attached hydrogen (secondary N) is 1. The van der Waals surface area contributed by atoms with Crippen molar-refractivity contribution in [2.75, 3.05) is 56.2 Å². The third-order valence-corrected chi connectivity index (χ3v) is 8.41. The van der Waals surface area contributed by atoms with E-state index in [1.807, 2.05) is 60.2 Å². The number of carbonyl (C=O) groups is 1. The van der Waals surface area contributed by atoms with Crippen LogP contribution in [0.1, 0.15) is 11.1 Å². The highest BCUT2D eigenvalue weighted by molar-refractivity contribution is 6.35. The highest BCUT2D eigenvalue weighted by Gasteiger charge is 2.45. The van der Waals surface area contributed by atoms with E-state index in [9.17, 15) is 4.79 Å². The van der Waals surface area contributed by atoms with Gasteiger partial charge in [-0.3, -0.25) is 9.69 Å². The molecule has 9 nitrogen and oxygen atoms in total. The molecule has 11 heteroatoms. The summed E-state index contributed by atoms with van der Waals surface area (Å²) in [6.45, 7) is 6.78. The molecule has 0 unspecified atom stereocenters. The normalized spacial score (nSPS) is 20.5. The van der Waals surface area contributed by atoms with Crippen LogP contribution in [0.3, 0.4) is 0 Å². The Morgan fingerprint density at radius 2 is 1.82 bits per heavy atom. The Balaban J connectivity index is 0.993. The van der Waals surface area contributed by atoms with Crippen molar-refractivity contribution >= 4 is 40.5 Å². The van der Waals surface area contributed by atoms with Crippen LogP contribution in [0.15, 0.2) is 85.5 Å². The molecule has 230 valence electrons. The second kappa shape index (κ2) is 13.6. The van der Waals surface area contributed by atoms with E-state index in [0.717, 1.165) is 43.3 Å². The Hall–Kier alpha value is -3.60. The van der Waals surface area contributed by atoms with Crippen LogP contribution in [0.4, 0.5) is 11.4 Å². The van der Waals surface area contributed by atoms with Crippen LogP contribution in [0.25, 0.3) is 0 Å². The zero-order chi connectivity index (χ0) is 30.5. The number of aromatic nitrogens is 2. The molecule has 2 saturated heterocycles. The molecule has 0 aliphatic carbocycles. The molecule has 0 spiro atoms. The molecule has 2 atom stereocenters. The smallest absolute Gasteiger partial charge is 0.238 e. The molecule has 4 aromatic rings. The van der Waals surface area contributed by atoms with Crippen molar-refractivity contribution in [1.29, 1.82) is 0 Å². The predicted molar refractivity (Wildman–Crippen MR) is 172 cm³/mol. The number of anilines is 2. The van der Waals surface area contributed by atoms with E-state index in [2.05, 4.69) is 32.2 Å². The molecule has 1 amide bonds. The molecule has 3 heterocycles. The van der Waals surface area contributed by atoms with Crippen molar-refractivity contribution in [2.45, 2.75) is 25.4 Å². The SMILES string of the molecule is Cc1ccc(NC(=O)CN2CCN(c3ccc(OC[C@@H]4CO[C@@](Cn5ccnc5)(c5ccc(Cl)cc5Cl)O4)cc3)CC2)cc1. The summed E-state index contributed by atoms with van der Waals surface area (Å²) in [7, 11) is 0. The number of carbonyl (C=O) groups excluding carboxylic acids is 1. The van der Waals surface area contributed by atoms with Crippen LogP contribution in [0.5, 0.6) is 5.75 Å². The Morgan fingerprint density at radius 1 is 1.05 bits per heavy atom. The molecular weight excluding hydrogens is 601 g/mol. The van der Waals surface area contributed by atoms with Gasteiger partial charge in [-0.15, -0.1) is 0 Å². The second-order valence-electron chi connectivity index (χ2n) is 11.1. The fourth-order valence-electron chi connectivity index (χ4n) is 5.52. The van der Waals surface area contributed by atoms with Crippen molar-refractivity contribution in [2.24, 2.45) is 0 Å². The van der Waals surface area contributed by atoms with Gasteiger partial charge in [-0.2, -0.15) is 0 Å². The summed E-state index contributed by atoms with van der Waals surface area (Å²) in [6, 6.07) is 21.2. The Kier molecular flexibility index (Phi) is 9.39. The zero-order valence-corrected chi connectivity index (χ0v) is 26.0. The topological polar surface area (TPSA) is 81.1 Å². The summed E-state index contributed by atoms with van der Waals surface area (Å²) in [5, 5.41) is 4.00. The van der Waals surface area contributed by atoms with Gasteiger partial charge in [0.25, 0.3) is 0 Å². The van der Waals surface area contributed by atoms with Crippen molar-refractivity contribution < 1.29 is 19.0 Å². The average Bonchev–Trinajstić information content (AvgIpc) is 3.68. The lowest BCUT2D eigenvalue weighted by molar-refractivity contribution is -0.189. The number of ether oxygens (including phenoxy) is 3. The Labute approximate surface area is 267 Å². The number of piperazine rings is 1. The maximum Gasteiger partial charge on any atom is 0.238 e. The zero-order valence-electron chi connectivity index (χ0n) is 24.5. The maximum absolute atomic E-state index is 12.5. The van der Waals surface area contributed by atoms with E-state index in [0.29, 0.717) is 41.9 Å². The fraction of sp³-hybridized carbons (Fsp3) is 0.333. The van der Waals surface area contributed by atoms with Crippen molar-refractivity contribution in [3.63, 3.8) is 0 Å². The van der Waals surface area contributed by atoms with Gasteiger partial charge in [-0.25, -0.2) is 4.98 Å². The number of rotatable bonds is 10. The lowest BCUT2D eigenvalue weighted by atomic mass is 10.1. The van der Waals surface area contributed by atoms with Crippen molar-refractivity contribution in [3.05, 3.63) is 107 Å². The molecule has 1 aromatic heterocycles. The minimum atomic E-state index is -1.09. The van der Waals surface area contributed by atoms with Crippen LogP contribution in [0, 0.1) is 6.92 Å². The highest BCUT2D eigenvalue weighted by Crippen LogP contribution is 2.40. The molecule has 3 aromatic carbocycles. The van der Waals surface area contributed by atoms with E-state index >= 15 is 0 Å². The first-order valence-corrected chi connectivity index (χ1v) is 15.4. The van der Waals surface area contributed by atoms with Crippen LogP contribution in [-0.2, 0) is 26.6 Å². The van der Waals surface area contributed by atoms with E-state index in [4.69, 9.17) is 37.4 Å². The molecule has 2 fully saturated rings. The van der Waals surface area contributed by atoms with Gasteiger partial charge in [0.05, 0.1) is 31.0 Å². The van der Waals surface area contributed by atoms with Crippen molar-refractivity contribution in [3.8, 4) is 5.75 Å². The van der Waals surface area contributed by atoms with Gasteiger partial charge in [-0.05, 0) is 55.5 Å². The lowest BCUT2D eigenvalue weighted by Gasteiger charge is -2.35. The maximum atomic E-state index is 12.5. The van der Waals surface area contributed by atoms with Gasteiger partial charge >= 0.3 is 0 Å². The molecule has 1 N–H and O–H groups in total. The van der Waals surface area contributed by atoms with Crippen LogP contribution in [0.2, 0.25) is 10.0 Å². The fourth-order valence-corrected chi connectivity index (χ4v) is 6.07. The third kappa shape index (κ3) is 7.36. The Morgan fingerprint density at radius 3 is 2.52 bits per heavy atom. The summed E-state index contributed by atoms with van der Waals surface area (Å²) in [5.41, 5.74) is 3.82. The van der Waals surface area contributed by atoms with Gasteiger partial charge in [0.15, 0.2) is 0 Å². The summed E-state index contributed by atoms with van der Waals surface area (Å²) < 4.78 is 20.8. The molecule has 44 heavy (non-hydrogen) atoms. The standard InChI is InChI=1S/C33H35Cl2N5O4/c1-24-2-5-26(6-3-24)37-32(41)19-38-14-16-40(17-15-38)27-7-9-28(10-8-27)42-20-29-21-43-33(44-29,22-39-13-12-36-23-39)30-11-4-25(34)18-31(30)35/h2-13,18,23,29H,14-17,19-22H2,1H3,(H,37,41)/t29-,33-/m1/s1. The minimum Gasteiger partial charge on any atom is -0.491 e. The summed E-state index contributed by atoms with van der Waals surface area (Å²) in [5.74, 6) is -0.333. The van der Waals surface area contributed by atoms with Gasteiger partial charge in [0.1, 0.15) is 18.5 Å². The summed E-state index contributed by atoms with van der Waals surface area (Å²) in [6.07, 6.45) is 4.98. The number of halogens is 2. The monoisotopic (exact) mass is 635 g/mol. The number of hydrogen-bond acceptors (Lipinski definition) is 7. The van der Waals surface area contributed by atoms with E-state index in [1.165, 1.54) is 5.56 Å². The van der Waals surface area contributed by atoms with Gasteiger partial charge in [-0.1, -0.05) is 47.0 Å². The minimum absolute atomic E-state index is 0.00989. The quantitative estimate of drug-likeness (QED) is 0.243. The largest absolute Gasteiger partial charge is 0.491 e. The predicted octanol–water partition coefficient (Wildman–Crippen LogP) is 5.61. The number of aryl methyl sites for hydroxylation is 1. The number of imidazole rings is 1. The first-order valence-electron chi connectivity index (χ1n) is 14.6. The van der Waals surface area contributed by atoms with Crippen molar-refractivity contribution in [1.82, 2.24) is 14.5 Å². The molecule has 2 aliphatic heterocycles.